The molecule has 0 fully saturated rings. The molecule has 0 spiro atoms. The van der Waals surface area contributed by atoms with Crippen molar-refractivity contribution in [1.82, 2.24) is 10.6 Å². The van der Waals surface area contributed by atoms with E-state index >= 15 is 0 Å². The molecule has 0 radical (unpaired) electrons. The van der Waals surface area contributed by atoms with Crippen LogP contribution in [-0.4, -0.2) is 48.3 Å². The van der Waals surface area contributed by atoms with Gasteiger partial charge >= 0.3 is 11.9 Å². The van der Waals surface area contributed by atoms with Crippen molar-refractivity contribution in [3.05, 3.63) is 0 Å². The van der Waals surface area contributed by atoms with Gasteiger partial charge in [0.25, 0.3) is 0 Å². The standard InChI is InChI=1S/2C4H9NO2/c2*1-3(5-2)4(6)7/h2*3,5H,1-2H3,(H,6,7). The molecule has 2 atom stereocenters. The Labute approximate surface area is 83.3 Å². The average Bonchev–Trinajstić information content (AvgIpc) is 2.15. The van der Waals surface area contributed by atoms with Crippen LogP contribution < -0.4 is 10.6 Å². The van der Waals surface area contributed by atoms with Gasteiger partial charge in [-0.2, -0.15) is 0 Å². The highest BCUT2D eigenvalue weighted by Crippen LogP contribution is 1.75. The van der Waals surface area contributed by atoms with Crippen molar-refractivity contribution in [1.29, 1.82) is 0 Å². The lowest BCUT2D eigenvalue weighted by Gasteiger charge is -1.99. The fourth-order valence-corrected chi connectivity index (χ4v) is 0.247. The van der Waals surface area contributed by atoms with Gasteiger partial charge in [-0.1, -0.05) is 0 Å². The number of nitrogens with one attached hydrogen (secondary N) is 2. The van der Waals surface area contributed by atoms with Gasteiger partial charge in [-0.05, 0) is 27.9 Å². The van der Waals surface area contributed by atoms with Gasteiger partial charge in [0.1, 0.15) is 12.1 Å². The molecule has 84 valence electrons. The molecular formula is C8H18N2O4. The fourth-order valence-electron chi connectivity index (χ4n) is 0.247. The molecule has 0 aromatic carbocycles. The maximum atomic E-state index is 9.87. The summed E-state index contributed by atoms with van der Waals surface area (Å²) in [5.74, 6) is -1.63. The Morgan fingerprint density at radius 3 is 1.14 bits per heavy atom. The van der Waals surface area contributed by atoms with Crippen LogP contribution in [-0.2, 0) is 9.59 Å². The molecular weight excluding hydrogens is 188 g/mol. The molecule has 6 nitrogen and oxygen atoms in total. The van der Waals surface area contributed by atoms with E-state index in [2.05, 4.69) is 10.6 Å². The Hall–Kier alpha value is -1.14. The Morgan fingerprint density at radius 1 is 0.929 bits per heavy atom. The Balaban J connectivity index is 0. The van der Waals surface area contributed by atoms with Crippen LogP contribution in [0.3, 0.4) is 0 Å². The van der Waals surface area contributed by atoms with Crippen molar-refractivity contribution in [2.75, 3.05) is 14.1 Å². The molecule has 0 rings (SSSR count). The summed E-state index contributed by atoms with van der Waals surface area (Å²) in [6, 6.07) is -0.861. The van der Waals surface area contributed by atoms with Crippen LogP contribution >= 0.6 is 0 Å². The molecule has 0 aromatic rings. The molecule has 0 amide bonds. The first-order valence-electron chi connectivity index (χ1n) is 4.16. The SMILES string of the molecule is CNC(C)C(=O)O.CNC(C)C(=O)O. The van der Waals surface area contributed by atoms with Gasteiger partial charge in [0.2, 0.25) is 0 Å². The molecule has 0 bridgehead atoms. The largest absolute Gasteiger partial charge is 0.480 e. The topological polar surface area (TPSA) is 98.7 Å². The predicted octanol–water partition coefficient (Wildman–Crippen LogP) is -0.642. The van der Waals surface area contributed by atoms with Crippen LogP contribution in [0.2, 0.25) is 0 Å². The molecule has 0 aliphatic carbocycles. The third kappa shape index (κ3) is 8.95. The second-order valence-corrected chi connectivity index (χ2v) is 2.70. The molecule has 0 saturated carbocycles. The van der Waals surface area contributed by atoms with Gasteiger partial charge in [0, 0.05) is 0 Å². The minimum absolute atomic E-state index is 0.431. The summed E-state index contributed by atoms with van der Waals surface area (Å²) in [4.78, 5) is 19.7. The normalized spacial score (nSPS) is 13.4. The van der Waals surface area contributed by atoms with E-state index in [1.54, 1.807) is 27.9 Å². The number of aliphatic carboxylic acids is 2. The van der Waals surface area contributed by atoms with Crippen molar-refractivity contribution in [3.8, 4) is 0 Å². The molecule has 0 aliphatic heterocycles. The first-order valence-corrected chi connectivity index (χ1v) is 4.16. The van der Waals surface area contributed by atoms with Gasteiger partial charge in [-0.3, -0.25) is 9.59 Å². The highest BCUT2D eigenvalue weighted by Gasteiger charge is 2.04. The summed E-state index contributed by atoms with van der Waals surface area (Å²) in [5, 5.41) is 21.4. The van der Waals surface area contributed by atoms with Crippen LogP contribution in [0.4, 0.5) is 0 Å². The van der Waals surface area contributed by atoms with E-state index in [-0.39, 0.29) is 0 Å². The maximum absolute atomic E-state index is 9.87. The van der Waals surface area contributed by atoms with Crippen molar-refractivity contribution in [2.24, 2.45) is 0 Å². The smallest absolute Gasteiger partial charge is 0.320 e. The number of hydrogen-bond acceptors (Lipinski definition) is 4. The van der Waals surface area contributed by atoms with Crippen LogP contribution in [0.1, 0.15) is 13.8 Å². The summed E-state index contributed by atoms with van der Waals surface area (Å²) in [5.41, 5.74) is 0. The molecule has 14 heavy (non-hydrogen) atoms. The molecule has 0 heterocycles. The zero-order valence-corrected chi connectivity index (χ0v) is 8.87. The van der Waals surface area contributed by atoms with Crippen molar-refractivity contribution in [3.63, 3.8) is 0 Å². The molecule has 0 saturated heterocycles. The number of carbonyl (C=O) groups is 2. The van der Waals surface area contributed by atoms with E-state index in [0.717, 1.165) is 0 Å². The van der Waals surface area contributed by atoms with E-state index < -0.39 is 24.0 Å². The summed E-state index contributed by atoms with van der Waals surface area (Å²) < 4.78 is 0. The Kier molecular flexibility index (Phi) is 9.27. The third-order valence-corrected chi connectivity index (χ3v) is 1.61. The first kappa shape index (κ1) is 15.3. The van der Waals surface area contributed by atoms with E-state index in [4.69, 9.17) is 10.2 Å². The summed E-state index contributed by atoms with van der Waals surface area (Å²) in [6.07, 6.45) is 0. The van der Waals surface area contributed by atoms with Crippen LogP contribution in [0, 0.1) is 0 Å². The number of rotatable bonds is 4. The van der Waals surface area contributed by atoms with E-state index in [1.165, 1.54) is 0 Å². The molecule has 0 aromatic heterocycles. The van der Waals surface area contributed by atoms with Gasteiger partial charge in [-0.15, -0.1) is 0 Å². The lowest BCUT2D eigenvalue weighted by molar-refractivity contribution is -0.139. The molecule has 4 N–H and O–H groups in total. The minimum Gasteiger partial charge on any atom is -0.480 e. The van der Waals surface area contributed by atoms with Gasteiger partial charge in [0.15, 0.2) is 0 Å². The zero-order chi connectivity index (χ0) is 11.7. The predicted molar refractivity (Wildman–Crippen MR) is 52.3 cm³/mol. The van der Waals surface area contributed by atoms with E-state index in [9.17, 15) is 9.59 Å². The van der Waals surface area contributed by atoms with Crippen LogP contribution in [0.25, 0.3) is 0 Å². The summed E-state index contributed by atoms with van der Waals surface area (Å²) in [7, 11) is 3.22. The number of carboxylic acid groups (broad SMARTS) is 2. The van der Waals surface area contributed by atoms with Crippen LogP contribution in [0.15, 0.2) is 0 Å². The molecule has 2 unspecified atom stereocenters. The Morgan fingerprint density at radius 2 is 1.14 bits per heavy atom. The second-order valence-electron chi connectivity index (χ2n) is 2.70. The van der Waals surface area contributed by atoms with E-state index in [0.29, 0.717) is 0 Å². The number of likely N-dealkylation sites (N-methyl/N-ethyl adjacent to an activating group) is 2. The Bertz CT molecular complexity index is 164. The quantitative estimate of drug-likeness (QED) is 0.488. The van der Waals surface area contributed by atoms with Gasteiger partial charge < -0.3 is 20.8 Å². The number of hydrogen-bond donors (Lipinski definition) is 4. The van der Waals surface area contributed by atoms with Gasteiger partial charge in [-0.25, -0.2) is 0 Å². The molecule has 6 heteroatoms. The summed E-state index contributed by atoms with van der Waals surface area (Å²) in [6.45, 7) is 3.17. The maximum Gasteiger partial charge on any atom is 0.320 e. The monoisotopic (exact) mass is 206 g/mol. The highest BCUT2D eigenvalue weighted by molar-refractivity contribution is 5.73. The summed E-state index contributed by atoms with van der Waals surface area (Å²) >= 11 is 0. The van der Waals surface area contributed by atoms with Crippen molar-refractivity contribution < 1.29 is 19.8 Å². The highest BCUT2D eigenvalue weighted by atomic mass is 16.4. The van der Waals surface area contributed by atoms with Gasteiger partial charge in [0.05, 0.1) is 0 Å². The first-order chi connectivity index (χ1) is 6.36. The number of carboxylic acids is 2. The molecule has 0 aliphatic rings. The van der Waals surface area contributed by atoms with Crippen molar-refractivity contribution in [2.45, 2.75) is 25.9 Å². The zero-order valence-electron chi connectivity index (χ0n) is 8.87. The lowest BCUT2D eigenvalue weighted by atomic mass is 10.4. The van der Waals surface area contributed by atoms with E-state index in [1.807, 2.05) is 0 Å². The second kappa shape index (κ2) is 8.46. The lowest BCUT2D eigenvalue weighted by Crippen LogP contribution is -2.29. The minimum atomic E-state index is -0.817. The fraction of sp³-hybridized carbons (Fsp3) is 0.750. The van der Waals surface area contributed by atoms with Crippen molar-refractivity contribution >= 4 is 11.9 Å². The average molecular weight is 206 g/mol. The third-order valence-electron chi connectivity index (χ3n) is 1.61. The van der Waals surface area contributed by atoms with Crippen LogP contribution in [0.5, 0.6) is 0 Å².